The van der Waals surface area contributed by atoms with E-state index in [2.05, 4.69) is 10.7 Å². The van der Waals surface area contributed by atoms with Crippen LogP contribution in [0.1, 0.15) is 6.92 Å². The highest BCUT2D eigenvalue weighted by molar-refractivity contribution is 5.93. The Morgan fingerprint density at radius 3 is 2.50 bits per heavy atom. The molecule has 0 fully saturated rings. The third-order valence-electron chi connectivity index (χ3n) is 0.530. The molecular weight excluding hydrogens is 108 g/mol. The standard InChI is InChI=1S/C4H8N2O2/c1-3(2-7)6-4(5)8/h7H,2H2,1H3,(H2,5,8). The number of hydrogen-bond acceptors (Lipinski definition) is 2. The first-order valence-corrected chi connectivity index (χ1v) is 2.11. The molecule has 0 radical (unpaired) electrons. The predicted octanol–water partition coefficient (Wildman–Crippen LogP) is -0.482. The number of aliphatic imine (C=N–C) groups is 1. The summed E-state index contributed by atoms with van der Waals surface area (Å²) >= 11 is 0. The molecule has 4 nitrogen and oxygen atoms in total. The molecule has 0 aliphatic rings. The summed E-state index contributed by atoms with van der Waals surface area (Å²) in [5.74, 6) is 0. The van der Waals surface area contributed by atoms with Crippen LogP contribution in [0.3, 0.4) is 0 Å². The molecule has 0 unspecified atom stereocenters. The van der Waals surface area contributed by atoms with Gasteiger partial charge in [-0.15, -0.1) is 0 Å². The van der Waals surface area contributed by atoms with E-state index in [9.17, 15) is 4.79 Å². The van der Waals surface area contributed by atoms with Crippen molar-refractivity contribution in [2.75, 3.05) is 6.61 Å². The molecule has 0 aromatic carbocycles. The molecule has 8 heavy (non-hydrogen) atoms. The summed E-state index contributed by atoms with van der Waals surface area (Å²) < 4.78 is 0. The van der Waals surface area contributed by atoms with Gasteiger partial charge in [0, 0.05) is 5.71 Å². The number of primary amides is 1. The quantitative estimate of drug-likeness (QED) is 0.454. The number of carbonyl (C=O) groups excluding carboxylic acids is 1. The van der Waals surface area contributed by atoms with Crippen LogP contribution in [0.15, 0.2) is 4.99 Å². The molecule has 2 amide bonds. The largest absolute Gasteiger partial charge is 0.390 e. The van der Waals surface area contributed by atoms with Gasteiger partial charge in [0.15, 0.2) is 0 Å². The molecule has 4 heteroatoms. The summed E-state index contributed by atoms with van der Waals surface area (Å²) in [6, 6.07) is -0.767. The highest BCUT2D eigenvalue weighted by Crippen LogP contribution is 1.73. The van der Waals surface area contributed by atoms with E-state index in [1.54, 1.807) is 0 Å². The van der Waals surface area contributed by atoms with Crippen molar-refractivity contribution in [1.82, 2.24) is 0 Å². The van der Waals surface area contributed by atoms with Crippen LogP contribution in [0, 0.1) is 0 Å². The van der Waals surface area contributed by atoms with Gasteiger partial charge in [0.1, 0.15) is 0 Å². The van der Waals surface area contributed by atoms with Gasteiger partial charge in [-0.1, -0.05) is 0 Å². The van der Waals surface area contributed by atoms with Crippen LogP contribution in [0.2, 0.25) is 0 Å². The number of hydrogen-bond donors (Lipinski definition) is 2. The zero-order valence-electron chi connectivity index (χ0n) is 4.59. The van der Waals surface area contributed by atoms with E-state index in [0.717, 1.165) is 0 Å². The molecule has 0 atom stereocenters. The van der Waals surface area contributed by atoms with Crippen LogP contribution in [0.4, 0.5) is 4.79 Å². The van der Waals surface area contributed by atoms with Crippen LogP contribution in [0.5, 0.6) is 0 Å². The highest BCUT2D eigenvalue weighted by Gasteiger charge is 1.88. The van der Waals surface area contributed by atoms with E-state index in [1.807, 2.05) is 0 Å². The predicted molar refractivity (Wildman–Crippen MR) is 29.8 cm³/mol. The normalized spacial score (nSPS) is 11.5. The van der Waals surface area contributed by atoms with E-state index in [1.165, 1.54) is 6.92 Å². The van der Waals surface area contributed by atoms with Crippen LogP contribution in [-0.2, 0) is 0 Å². The zero-order valence-corrected chi connectivity index (χ0v) is 4.59. The molecule has 0 rings (SSSR count). The fourth-order valence-electron chi connectivity index (χ4n) is 0.223. The number of urea groups is 1. The van der Waals surface area contributed by atoms with Crippen molar-refractivity contribution in [3.63, 3.8) is 0 Å². The number of carbonyl (C=O) groups is 1. The van der Waals surface area contributed by atoms with Crippen molar-refractivity contribution in [1.29, 1.82) is 0 Å². The maximum absolute atomic E-state index is 9.89. The van der Waals surface area contributed by atoms with Crippen molar-refractivity contribution in [2.45, 2.75) is 6.92 Å². The molecule has 3 N–H and O–H groups in total. The Morgan fingerprint density at radius 1 is 1.88 bits per heavy atom. The molecule has 0 saturated carbocycles. The van der Waals surface area contributed by atoms with Crippen LogP contribution >= 0.6 is 0 Å². The molecular formula is C4H8N2O2. The molecule has 0 heterocycles. The van der Waals surface area contributed by atoms with E-state index in [4.69, 9.17) is 5.11 Å². The van der Waals surface area contributed by atoms with Crippen LogP contribution in [-0.4, -0.2) is 23.5 Å². The van der Waals surface area contributed by atoms with Gasteiger partial charge in [0.25, 0.3) is 0 Å². The van der Waals surface area contributed by atoms with E-state index >= 15 is 0 Å². The molecule has 0 saturated heterocycles. The zero-order chi connectivity index (χ0) is 6.57. The molecule has 0 aliphatic heterocycles. The second-order valence-electron chi connectivity index (χ2n) is 1.34. The Labute approximate surface area is 47.0 Å². The van der Waals surface area contributed by atoms with Crippen molar-refractivity contribution in [3.8, 4) is 0 Å². The average Bonchev–Trinajstić information content (AvgIpc) is 1.65. The van der Waals surface area contributed by atoms with Crippen LogP contribution < -0.4 is 5.73 Å². The number of rotatable bonds is 1. The third-order valence-corrected chi connectivity index (χ3v) is 0.530. The molecule has 0 spiro atoms. The number of aliphatic hydroxyl groups is 1. The molecule has 46 valence electrons. The fourth-order valence-corrected chi connectivity index (χ4v) is 0.223. The number of amides is 2. The highest BCUT2D eigenvalue weighted by atomic mass is 16.3. The lowest BCUT2D eigenvalue weighted by Crippen LogP contribution is -2.09. The summed E-state index contributed by atoms with van der Waals surface area (Å²) in [7, 11) is 0. The topological polar surface area (TPSA) is 75.7 Å². The van der Waals surface area contributed by atoms with Gasteiger partial charge >= 0.3 is 6.03 Å². The first-order valence-electron chi connectivity index (χ1n) is 2.11. The maximum Gasteiger partial charge on any atom is 0.338 e. The van der Waals surface area contributed by atoms with Gasteiger partial charge < -0.3 is 10.8 Å². The first kappa shape index (κ1) is 7.10. The Morgan fingerprint density at radius 2 is 2.38 bits per heavy atom. The number of aliphatic hydroxyl groups excluding tert-OH is 1. The van der Waals surface area contributed by atoms with Gasteiger partial charge in [0.05, 0.1) is 6.61 Å². The smallest absolute Gasteiger partial charge is 0.338 e. The molecule has 0 aromatic rings. The van der Waals surface area contributed by atoms with Gasteiger partial charge in [-0.2, -0.15) is 0 Å². The summed E-state index contributed by atoms with van der Waals surface area (Å²) in [6.07, 6.45) is 0. The summed E-state index contributed by atoms with van der Waals surface area (Å²) in [5, 5.41) is 8.25. The molecule has 0 aromatic heterocycles. The van der Waals surface area contributed by atoms with Crippen molar-refractivity contribution in [2.24, 2.45) is 10.7 Å². The van der Waals surface area contributed by atoms with Crippen LogP contribution in [0.25, 0.3) is 0 Å². The van der Waals surface area contributed by atoms with Crippen molar-refractivity contribution in [3.05, 3.63) is 0 Å². The van der Waals surface area contributed by atoms with E-state index < -0.39 is 6.03 Å². The third kappa shape index (κ3) is 3.30. The van der Waals surface area contributed by atoms with Gasteiger partial charge in [-0.3, -0.25) is 0 Å². The Bertz CT molecular complexity index is 119. The maximum atomic E-state index is 9.89. The molecule has 0 bridgehead atoms. The Kier molecular flexibility index (Phi) is 2.79. The lowest BCUT2D eigenvalue weighted by Gasteiger charge is -1.87. The monoisotopic (exact) mass is 116 g/mol. The van der Waals surface area contributed by atoms with Crippen molar-refractivity contribution < 1.29 is 9.90 Å². The minimum atomic E-state index is -0.767. The fraction of sp³-hybridized carbons (Fsp3) is 0.500. The van der Waals surface area contributed by atoms with E-state index in [0.29, 0.717) is 5.71 Å². The number of nitrogens with two attached hydrogens (primary N) is 1. The van der Waals surface area contributed by atoms with Gasteiger partial charge in [-0.05, 0) is 6.92 Å². The number of nitrogens with zero attached hydrogens (tertiary/aromatic N) is 1. The Hall–Kier alpha value is -0.900. The summed E-state index contributed by atoms with van der Waals surface area (Å²) in [5.41, 5.74) is 4.96. The van der Waals surface area contributed by atoms with E-state index in [-0.39, 0.29) is 6.61 Å². The van der Waals surface area contributed by atoms with Gasteiger partial charge in [0.2, 0.25) is 0 Å². The minimum Gasteiger partial charge on any atom is -0.390 e. The Balaban J connectivity index is 3.75. The first-order chi connectivity index (χ1) is 3.66. The summed E-state index contributed by atoms with van der Waals surface area (Å²) in [4.78, 5) is 13.1. The lowest BCUT2D eigenvalue weighted by atomic mass is 10.5. The SMILES string of the molecule is CC(CO)=NC(N)=O. The second kappa shape index (κ2) is 3.15. The second-order valence-corrected chi connectivity index (χ2v) is 1.34. The van der Waals surface area contributed by atoms with Crippen molar-refractivity contribution >= 4 is 11.7 Å². The average molecular weight is 116 g/mol. The minimum absolute atomic E-state index is 0.219. The van der Waals surface area contributed by atoms with Gasteiger partial charge in [-0.25, -0.2) is 9.79 Å². The molecule has 0 aliphatic carbocycles. The lowest BCUT2D eigenvalue weighted by molar-refractivity contribution is 0.256. The summed E-state index contributed by atoms with van der Waals surface area (Å²) in [6.45, 7) is 1.30.